The molecule has 1 rings (SSSR count). The molecule has 0 aromatic heterocycles. The zero-order chi connectivity index (χ0) is 12.8. The van der Waals surface area contributed by atoms with E-state index in [1.54, 1.807) is 36.2 Å². The Bertz CT molecular complexity index is 381. The fraction of sp³-hybridized carbons (Fsp3) is 0.417. The Balaban J connectivity index is 2.92. The Morgan fingerprint density at radius 2 is 2.12 bits per heavy atom. The molecule has 5 heteroatoms. The van der Waals surface area contributed by atoms with Gasteiger partial charge in [-0.1, -0.05) is 12.1 Å². The smallest absolute Gasteiger partial charge is 0.339 e. The zero-order valence-electron chi connectivity index (χ0n) is 9.96. The van der Waals surface area contributed by atoms with Crippen LogP contribution in [-0.4, -0.2) is 49.6 Å². The van der Waals surface area contributed by atoms with E-state index in [4.69, 9.17) is 5.11 Å². The maximum Gasteiger partial charge on any atom is 0.339 e. The Morgan fingerprint density at radius 1 is 1.47 bits per heavy atom. The molecule has 0 fully saturated rings. The third-order valence-corrected chi connectivity index (χ3v) is 2.42. The Morgan fingerprint density at radius 3 is 2.71 bits per heavy atom. The minimum absolute atomic E-state index is 0.241. The molecule has 0 saturated carbocycles. The van der Waals surface area contributed by atoms with Crippen molar-refractivity contribution in [3.8, 4) is 0 Å². The van der Waals surface area contributed by atoms with Crippen molar-refractivity contribution >= 4 is 11.7 Å². The fourth-order valence-corrected chi connectivity index (χ4v) is 1.56. The lowest BCUT2D eigenvalue weighted by Gasteiger charge is -2.23. The quantitative estimate of drug-likeness (QED) is 0.721. The van der Waals surface area contributed by atoms with Crippen LogP contribution in [-0.2, 0) is 4.74 Å². The molecular weight excluding hydrogens is 222 g/mol. The van der Waals surface area contributed by atoms with Crippen LogP contribution in [0.1, 0.15) is 10.4 Å². The van der Waals surface area contributed by atoms with Crippen LogP contribution in [0.15, 0.2) is 24.3 Å². The van der Waals surface area contributed by atoms with Gasteiger partial charge in [-0.2, -0.15) is 0 Å². The van der Waals surface area contributed by atoms with E-state index in [1.807, 2.05) is 0 Å². The number of carbonyl (C=O) groups is 1. The van der Waals surface area contributed by atoms with Crippen molar-refractivity contribution in [2.24, 2.45) is 0 Å². The summed E-state index contributed by atoms with van der Waals surface area (Å²) in [6.07, 6.45) is -0.842. The van der Waals surface area contributed by atoms with Crippen molar-refractivity contribution in [2.45, 2.75) is 6.10 Å². The molecule has 1 atom stereocenters. The van der Waals surface area contributed by atoms with Crippen LogP contribution in [0.25, 0.3) is 0 Å². The molecule has 0 bridgehead atoms. The van der Waals surface area contributed by atoms with Gasteiger partial charge in [-0.3, -0.25) is 0 Å². The SMILES string of the molecule is COC(=O)c1ccccc1N(C)CC(O)CO. The molecule has 0 spiro atoms. The Hall–Kier alpha value is -1.59. The maximum absolute atomic E-state index is 11.5. The van der Waals surface area contributed by atoms with E-state index in [0.717, 1.165) is 0 Å². The summed E-state index contributed by atoms with van der Waals surface area (Å²) in [5.41, 5.74) is 1.09. The van der Waals surface area contributed by atoms with E-state index in [2.05, 4.69) is 4.74 Å². The van der Waals surface area contributed by atoms with Crippen molar-refractivity contribution in [2.75, 3.05) is 32.2 Å². The van der Waals surface area contributed by atoms with Crippen molar-refractivity contribution < 1.29 is 19.7 Å². The molecular formula is C12H17NO4. The van der Waals surface area contributed by atoms with Crippen LogP contribution in [0.3, 0.4) is 0 Å². The number of carbonyl (C=O) groups excluding carboxylic acids is 1. The summed E-state index contributed by atoms with van der Waals surface area (Å²) in [4.78, 5) is 13.2. The first kappa shape index (κ1) is 13.5. The molecule has 1 aromatic rings. The Labute approximate surface area is 100 Å². The average molecular weight is 239 g/mol. The van der Waals surface area contributed by atoms with Gasteiger partial charge in [0.2, 0.25) is 0 Å². The van der Waals surface area contributed by atoms with E-state index in [9.17, 15) is 9.90 Å². The third-order valence-electron chi connectivity index (χ3n) is 2.42. The van der Waals surface area contributed by atoms with Gasteiger partial charge in [0.05, 0.1) is 31.1 Å². The van der Waals surface area contributed by atoms with Gasteiger partial charge in [0.15, 0.2) is 0 Å². The third kappa shape index (κ3) is 3.44. The van der Waals surface area contributed by atoms with Gasteiger partial charge in [0.25, 0.3) is 0 Å². The fourth-order valence-electron chi connectivity index (χ4n) is 1.56. The molecule has 0 amide bonds. The number of hydrogen-bond acceptors (Lipinski definition) is 5. The predicted molar refractivity (Wildman–Crippen MR) is 64.1 cm³/mol. The van der Waals surface area contributed by atoms with Crippen LogP contribution in [0, 0.1) is 0 Å². The van der Waals surface area contributed by atoms with E-state index in [0.29, 0.717) is 11.3 Å². The van der Waals surface area contributed by atoms with E-state index in [-0.39, 0.29) is 13.2 Å². The van der Waals surface area contributed by atoms with Crippen LogP contribution in [0.2, 0.25) is 0 Å². The highest BCUT2D eigenvalue weighted by molar-refractivity contribution is 5.95. The summed E-state index contributed by atoms with van der Waals surface area (Å²) in [7, 11) is 3.06. The minimum Gasteiger partial charge on any atom is -0.465 e. The number of likely N-dealkylation sites (N-methyl/N-ethyl adjacent to an activating group) is 1. The van der Waals surface area contributed by atoms with Gasteiger partial charge in [-0.15, -0.1) is 0 Å². The molecule has 0 saturated heterocycles. The number of nitrogens with zero attached hydrogens (tertiary/aromatic N) is 1. The summed E-state index contributed by atoms with van der Waals surface area (Å²) in [5, 5.41) is 18.2. The first-order chi connectivity index (χ1) is 8.10. The second kappa shape index (κ2) is 6.22. The lowest BCUT2D eigenvalue weighted by molar-refractivity contribution is 0.0601. The van der Waals surface area contributed by atoms with Crippen molar-refractivity contribution in [3.05, 3.63) is 29.8 Å². The number of methoxy groups -OCH3 is 1. The van der Waals surface area contributed by atoms with Gasteiger partial charge in [-0.05, 0) is 12.1 Å². The topological polar surface area (TPSA) is 70.0 Å². The highest BCUT2D eigenvalue weighted by atomic mass is 16.5. The zero-order valence-corrected chi connectivity index (χ0v) is 9.96. The summed E-state index contributed by atoms with van der Waals surface area (Å²) in [6, 6.07) is 6.95. The first-order valence-electron chi connectivity index (χ1n) is 5.27. The maximum atomic E-state index is 11.5. The monoisotopic (exact) mass is 239 g/mol. The molecule has 0 aliphatic heterocycles. The van der Waals surface area contributed by atoms with E-state index < -0.39 is 12.1 Å². The van der Waals surface area contributed by atoms with Gasteiger partial charge >= 0.3 is 5.97 Å². The first-order valence-corrected chi connectivity index (χ1v) is 5.27. The second-order valence-electron chi connectivity index (χ2n) is 3.73. The van der Waals surface area contributed by atoms with E-state index in [1.165, 1.54) is 7.11 Å². The van der Waals surface area contributed by atoms with Gasteiger partial charge in [0.1, 0.15) is 0 Å². The van der Waals surface area contributed by atoms with Crippen LogP contribution >= 0.6 is 0 Å². The molecule has 94 valence electrons. The lowest BCUT2D eigenvalue weighted by atomic mass is 10.1. The van der Waals surface area contributed by atoms with Crippen molar-refractivity contribution in [1.82, 2.24) is 0 Å². The van der Waals surface area contributed by atoms with Gasteiger partial charge in [0, 0.05) is 13.6 Å². The molecule has 0 aliphatic carbocycles. The lowest BCUT2D eigenvalue weighted by Crippen LogP contribution is -2.32. The number of para-hydroxylation sites is 1. The molecule has 1 aromatic carbocycles. The molecule has 0 heterocycles. The number of anilines is 1. The van der Waals surface area contributed by atoms with Crippen LogP contribution in [0.5, 0.6) is 0 Å². The van der Waals surface area contributed by atoms with Gasteiger partial charge in [-0.25, -0.2) is 4.79 Å². The van der Waals surface area contributed by atoms with Gasteiger partial charge < -0.3 is 19.8 Å². The largest absolute Gasteiger partial charge is 0.465 e. The molecule has 2 N–H and O–H groups in total. The molecule has 0 radical (unpaired) electrons. The summed E-state index contributed by atoms with van der Waals surface area (Å²) < 4.78 is 4.68. The number of esters is 1. The number of aliphatic hydroxyl groups is 2. The number of aliphatic hydroxyl groups excluding tert-OH is 2. The van der Waals surface area contributed by atoms with Crippen molar-refractivity contribution in [1.29, 1.82) is 0 Å². The van der Waals surface area contributed by atoms with E-state index >= 15 is 0 Å². The summed E-state index contributed by atoms with van der Waals surface area (Å²) in [5.74, 6) is -0.425. The van der Waals surface area contributed by atoms with Crippen LogP contribution < -0.4 is 4.90 Å². The second-order valence-corrected chi connectivity index (χ2v) is 3.73. The highest BCUT2D eigenvalue weighted by Crippen LogP contribution is 2.20. The highest BCUT2D eigenvalue weighted by Gasteiger charge is 2.15. The average Bonchev–Trinajstić information content (AvgIpc) is 2.37. The normalized spacial score (nSPS) is 12.0. The number of ether oxygens (including phenoxy) is 1. The Kier molecular flexibility index (Phi) is 4.93. The number of benzene rings is 1. The van der Waals surface area contributed by atoms with Crippen molar-refractivity contribution in [3.63, 3.8) is 0 Å². The standard InChI is InChI=1S/C12H17NO4/c1-13(7-9(15)8-14)11-6-4-3-5-10(11)12(16)17-2/h3-6,9,14-15H,7-8H2,1-2H3. The number of rotatable bonds is 5. The summed E-state index contributed by atoms with van der Waals surface area (Å²) in [6.45, 7) is -0.0742. The molecule has 17 heavy (non-hydrogen) atoms. The number of hydrogen-bond donors (Lipinski definition) is 2. The minimum atomic E-state index is -0.842. The molecule has 5 nitrogen and oxygen atoms in total. The molecule has 1 unspecified atom stereocenters. The summed E-state index contributed by atoms with van der Waals surface area (Å²) >= 11 is 0. The van der Waals surface area contributed by atoms with Crippen LogP contribution in [0.4, 0.5) is 5.69 Å². The predicted octanol–water partition coefficient (Wildman–Crippen LogP) is 0.263. The molecule has 0 aliphatic rings.